The van der Waals surface area contributed by atoms with E-state index < -0.39 is 0 Å². The second kappa shape index (κ2) is 2.90. The molecule has 5 atom stereocenters. The smallest absolute Gasteiger partial charge is 0.00812 e. The van der Waals surface area contributed by atoms with Crippen LogP contribution in [0.3, 0.4) is 0 Å². The summed E-state index contributed by atoms with van der Waals surface area (Å²) < 4.78 is 0. The van der Waals surface area contributed by atoms with Gasteiger partial charge in [0, 0.05) is 0 Å². The molecule has 82 valence electrons. The largest absolute Gasteiger partial charge is 0.0848 e. The Kier molecular flexibility index (Phi) is 1.71. The van der Waals surface area contributed by atoms with Gasteiger partial charge in [0.2, 0.25) is 0 Å². The molecule has 0 heterocycles. The molecule has 0 heteroatoms. The van der Waals surface area contributed by atoms with Crippen molar-refractivity contribution in [2.45, 2.75) is 51.4 Å². The van der Waals surface area contributed by atoms with Gasteiger partial charge in [-0.2, -0.15) is 0 Å². The van der Waals surface area contributed by atoms with E-state index in [1.807, 2.05) is 0 Å². The van der Waals surface area contributed by atoms with Crippen molar-refractivity contribution < 1.29 is 0 Å². The zero-order valence-corrected chi connectivity index (χ0v) is 9.62. The molecule has 0 N–H and O–H groups in total. The summed E-state index contributed by atoms with van der Waals surface area (Å²) in [5.41, 5.74) is 0.711. The van der Waals surface area contributed by atoms with Crippen molar-refractivity contribution in [2.75, 3.05) is 0 Å². The second-order valence-corrected chi connectivity index (χ2v) is 6.65. The molecule has 0 aliphatic heterocycles. The molecule has 4 rings (SSSR count). The summed E-state index contributed by atoms with van der Waals surface area (Å²) >= 11 is 0. The molecule has 0 radical (unpaired) electrons. The van der Waals surface area contributed by atoms with E-state index in [1.54, 1.807) is 25.7 Å². The van der Waals surface area contributed by atoms with E-state index in [-0.39, 0.29) is 0 Å². The molecule has 1 spiro atoms. The Morgan fingerprint density at radius 3 is 2.93 bits per heavy atom. The minimum Gasteiger partial charge on any atom is -0.0848 e. The SMILES string of the molecule is C1=CC23CCC4CCCCC4C2CC1C3. The van der Waals surface area contributed by atoms with E-state index in [0.29, 0.717) is 5.41 Å². The molecule has 0 aromatic rings. The maximum Gasteiger partial charge on any atom is -0.00812 e. The lowest BCUT2D eigenvalue weighted by Crippen LogP contribution is -2.40. The van der Waals surface area contributed by atoms with Crippen molar-refractivity contribution in [3.05, 3.63) is 12.2 Å². The van der Waals surface area contributed by atoms with Crippen LogP contribution in [0.1, 0.15) is 51.4 Å². The van der Waals surface area contributed by atoms with Crippen LogP contribution in [0, 0.1) is 29.1 Å². The number of fused-ring (bicyclic) bond motifs is 3. The summed E-state index contributed by atoms with van der Waals surface area (Å²) in [6.07, 6.45) is 17.5. The zero-order chi connectivity index (χ0) is 9.88. The van der Waals surface area contributed by atoms with Crippen LogP contribution in [0.2, 0.25) is 0 Å². The van der Waals surface area contributed by atoms with E-state index in [9.17, 15) is 0 Å². The lowest BCUT2D eigenvalue weighted by atomic mass is 9.56. The molecule has 3 saturated carbocycles. The highest BCUT2D eigenvalue weighted by molar-refractivity contribution is 5.21. The Balaban J connectivity index is 1.68. The van der Waals surface area contributed by atoms with Crippen LogP contribution in [-0.2, 0) is 0 Å². The normalized spacial score (nSPS) is 56.5. The van der Waals surface area contributed by atoms with Crippen molar-refractivity contribution in [3.8, 4) is 0 Å². The molecular formula is C15H22. The quantitative estimate of drug-likeness (QED) is 0.517. The van der Waals surface area contributed by atoms with Crippen LogP contribution in [0.25, 0.3) is 0 Å². The third-order valence-corrected chi connectivity index (χ3v) is 6.10. The molecule has 0 saturated heterocycles. The summed E-state index contributed by atoms with van der Waals surface area (Å²) in [4.78, 5) is 0. The molecule has 4 aliphatic rings. The van der Waals surface area contributed by atoms with Crippen LogP contribution in [0.5, 0.6) is 0 Å². The molecule has 0 nitrogen and oxygen atoms in total. The van der Waals surface area contributed by atoms with Crippen LogP contribution >= 0.6 is 0 Å². The Hall–Kier alpha value is -0.260. The fourth-order valence-electron chi connectivity index (χ4n) is 5.50. The van der Waals surface area contributed by atoms with Crippen molar-refractivity contribution in [2.24, 2.45) is 29.1 Å². The molecular weight excluding hydrogens is 180 g/mol. The topological polar surface area (TPSA) is 0 Å². The first-order chi connectivity index (χ1) is 7.37. The van der Waals surface area contributed by atoms with Crippen LogP contribution < -0.4 is 0 Å². The van der Waals surface area contributed by atoms with Gasteiger partial charge in [-0.15, -0.1) is 0 Å². The molecule has 0 aromatic heterocycles. The lowest BCUT2D eigenvalue weighted by Gasteiger charge is -2.49. The van der Waals surface area contributed by atoms with Gasteiger partial charge in [0.05, 0.1) is 0 Å². The van der Waals surface area contributed by atoms with Crippen LogP contribution in [-0.4, -0.2) is 0 Å². The first kappa shape index (κ1) is 8.84. The maximum absolute atomic E-state index is 2.64. The zero-order valence-electron chi connectivity index (χ0n) is 9.62. The molecule has 3 fully saturated rings. The molecule has 2 bridgehead atoms. The maximum atomic E-state index is 2.64. The van der Waals surface area contributed by atoms with Gasteiger partial charge >= 0.3 is 0 Å². The predicted molar refractivity (Wildman–Crippen MR) is 62.5 cm³/mol. The van der Waals surface area contributed by atoms with E-state index in [2.05, 4.69) is 12.2 Å². The third-order valence-electron chi connectivity index (χ3n) is 6.10. The fraction of sp³-hybridized carbons (Fsp3) is 0.867. The number of allylic oxidation sites excluding steroid dienone is 2. The first-order valence-corrected chi connectivity index (χ1v) is 7.07. The van der Waals surface area contributed by atoms with Crippen LogP contribution in [0.15, 0.2) is 12.2 Å². The van der Waals surface area contributed by atoms with Crippen molar-refractivity contribution >= 4 is 0 Å². The number of hydrogen-bond donors (Lipinski definition) is 0. The van der Waals surface area contributed by atoms with Gasteiger partial charge in [-0.1, -0.05) is 31.4 Å². The van der Waals surface area contributed by atoms with Gasteiger partial charge in [0.1, 0.15) is 0 Å². The van der Waals surface area contributed by atoms with Gasteiger partial charge < -0.3 is 0 Å². The Morgan fingerprint density at radius 2 is 2.00 bits per heavy atom. The molecule has 15 heavy (non-hydrogen) atoms. The summed E-state index contributed by atoms with van der Waals surface area (Å²) in [6.45, 7) is 0. The van der Waals surface area contributed by atoms with Crippen molar-refractivity contribution in [3.63, 3.8) is 0 Å². The van der Waals surface area contributed by atoms with Crippen molar-refractivity contribution in [1.29, 1.82) is 0 Å². The van der Waals surface area contributed by atoms with Gasteiger partial charge in [-0.25, -0.2) is 0 Å². The summed E-state index contributed by atoms with van der Waals surface area (Å²) in [6, 6.07) is 0. The van der Waals surface area contributed by atoms with E-state index in [4.69, 9.17) is 0 Å². The van der Waals surface area contributed by atoms with E-state index in [0.717, 1.165) is 23.7 Å². The van der Waals surface area contributed by atoms with Crippen LogP contribution in [0.4, 0.5) is 0 Å². The summed E-state index contributed by atoms with van der Waals surface area (Å²) in [5, 5.41) is 0. The van der Waals surface area contributed by atoms with E-state index >= 15 is 0 Å². The van der Waals surface area contributed by atoms with Gasteiger partial charge in [-0.05, 0) is 61.2 Å². The Bertz CT molecular complexity index is 303. The number of rotatable bonds is 0. The average molecular weight is 202 g/mol. The third kappa shape index (κ3) is 1.09. The Labute approximate surface area is 93.1 Å². The van der Waals surface area contributed by atoms with Crippen molar-refractivity contribution in [1.82, 2.24) is 0 Å². The second-order valence-electron chi connectivity index (χ2n) is 6.65. The summed E-state index contributed by atoms with van der Waals surface area (Å²) in [7, 11) is 0. The molecule has 0 amide bonds. The molecule has 5 unspecified atom stereocenters. The van der Waals surface area contributed by atoms with Gasteiger partial charge in [0.15, 0.2) is 0 Å². The lowest BCUT2D eigenvalue weighted by molar-refractivity contribution is 0.0323. The predicted octanol–water partition coefficient (Wildman–Crippen LogP) is 4.17. The minimum atomic E-state index is 0.711. The fourth-order valence-corrected chi connectivity index (χ4v) is 5.50. The van der Waals surface area contributed by atoms with E-state index in [1.165, 1.54) is 25.7 Å². The monoisotopic (exact) mass is 202 g/mol. The number of hydrogen-bond acceptors (Lipinski definition) is 0. The molecule has 0 aromatic carbocycles. The standard InChI is InChI=1S/C15H22/c1-2-4-13-12(3-1)6-8-15-7-5-11(10-15)9-14(13)15/h5,7,11-14H,1-4,6,8-10H2. The average Bonchev–Trinajstić information content (AvgIpc) is 2.85. The minimum absolute atomic E-state index is 0.711. The highest BCUT2D eigenvalue weighted by Crippen LogP contribution is 2.64. The Morgan fingerprint density at radius 1 is 1.07 bits per heavy atom. The summed E-state index contributed by atoms with van der Waals surface area (Å²) in [5.74, 6) is 4.34. The first-order valence-electron chi connectivity index (χ1n) is 7.07. The highest BCUT2D eigenvalue weighted by Gasteiger charge is 2.55. The highest BCUT2D eigenvalue weighted by atomic mass is 14.6. The molecule has 4 aliphatic carbocycles. The van der Waals surface area contributed by atoms with Gasteiger partial charge in [0.25, 0.3) is 0 Å². The van der Waals surface area contributed by atoms with Gasteiger partial charge in [-0.3, -0.25) is 0 Å².